The third-order valence-electron chi connectivity index (χ3n) is 2.68. The number of nitrogens with one attached hydrogen (secondary N) is 1. The smallest absolute Gasteiger partial charge is 0.161 e. The topological polar surface area (TPSA) is 30.5 Å². The molecule has 0 radical (unpaired) electrons. The van der Waals surface area contributed by atoms with Crippen molar-refractivity contribution in [2.45, 2.75) is 46.7 Å². The molecule has 0 atom stereocenters. The molecule has 0 bridgehead atoms. The van der Waals surface area contributed by atoms with Crippen LogP contribution in [0, 0.1) is 11.8 Å². The highest BCUT2D eigenvalue weighted by molar-refractivity contribution is 5.43. The third kappa shape index (κ3) is 5.99. The van der Waals surface area contributed by atoms with E-state index in [-0.39, 0.29) is 0 Å². The summed E-state index contributed by atoms with van der Waals surface area (Å²) in [5, 5.41) is 3.40. The van der Waals surface area contributed by atoms with E-state index < -0.39 is 0 Å². The first-order valence-electron chi connectivity index (χ1n) is 7.18. The van der Waals surface area contributed by atoms with Crippen molar-refractivity contribution in [2.24, 2.45) is 0 Å². The van der Waals surface area contributed by atoms with Gasteiger partial charge < -0.3 is 14.8 Å². The molecule has 20 heavy (non-hydrogen) atoms. The molecule has 0 aliphatic carbocycles. The van der Waals surface area contributed by atoms with Gasteiger partial charge in [0.15, 0.2) is 11.5 Å². The predicted octanol–water partition coefficient (Wildman–Crippen LogP) is 3.38. The van der Waals surface area contributed by atoms with Crippen molar-refractivity contribution >= 4 is 0 Å². The van der Waals surface area contributed by atoms with Crippen LogP contribution in [0.5, 0.6) is 11.5 Å². The summed E-state index contributed by atoms with van der Waals surface area (Å²) in [5.74, 6) is 7.44. The van der Waals surface area contributed by atoms with E-state index in [1.165, 1.54) is 5.56 Å². The first-order chi connectivity index (χ1) is 9.67. The summed E-state index contributed by atoms with van der Waals surface area (Å²) in [6.07, 6.45) is 0.735. The quantitative estimate of drug-likeness (QED) is 0.583. The van der Waals surface area contributed by atoms with Crippen LogP contribution in [-0.4, -0.2) is 19.3 Å². The molecule has 0 spiro atoms. The maximum absolute atomic E-state index is 5.72. The van der Waals surface area contributed by atoms with Crippen LogP contribution in [-0.2, 0) is 6.54 Å². The summed E-state index contributed by atoms with van der Waals surface area (Å²) in [6, 6.07) is 6.55. The highest BCUT2D eigenvalue weighted by Crippen LogP contribution is 2.28. The van der Waals surface area contributed by atoms with Gasteiger partial charge in [-0.2, -0.15) is 0 Å². The van der Waals surface area contributed by atoms with E-state index in [0.717, 1.165) is 24.5 Å². The molecule has 0 aromatic heterocycles. The number of hydrogen-bond acceptors (Lipinski definition) is 3. The standard InChI is InChI=1S/C17H25NO2/c1-5-7-8-11-20-16-10-9-15(13-18-14(3)4)12-17(16)19-6-2/h9-10,12,14,18H,6,8,11,13H2,1-4H3. The molecule has 0 heterocycles. The second kappa shape index (κ2) is 9.28. The van der Waals surface area contributed by atoms with Gasteiger partial charge in [-0.25, -0.2) is 0 Å². The third-order valence-corrected chi connectivity index (χ3v) is 2.68. The Labute approximate surface area is 122 Å². The fourth-order valence-electron chi connectivity index (χ4n) is 1.71. The molecule has 0 unspecified atom stereocenters. The molecule has 3 heteroatoms. The summed E-state index contributed by atoms with van der Waals surface area (Å²) in [7, 11) is 0. The largest absolute Gasteiger partial charge is 0.490 e. The van der Waals surface area contributed by atoms with E-state index in [2.05, 4.69) is 37.1 Å². The van der Waals surface area contributed by atoms with Gasteiger partial charge in [-0.05, 0) is 31.5 Å². The molecule has 0 fully saturated rings. The van der Waals surface area contributed by atoms with Crippen molar-refractivity contribution < 1.29 is 9.47 Å². The Morgan fingerprint density at radius 1 is 1.20 bits per heavy atom. The SMILES string of the molecule is CC#CCCOc1ccc(CNC(C)C)cc1OCC. The van der Waals surface area contributed by atoms with Gasteiger partial charge in [-0.15, -0.1) is 11.8 Å². The molecule has 0 aliphatic rings. The second-order valence-electron chi connectivity index (χ2n) is 4.77. The lowest BCUT2D eigenvalue weighted by Gasteiger charge is -2.14. The molecule has 0 aliphatic heterocycles. The molecule has 1 aromatic carbocycles. The van der Waals surface area contributed by atoms with Crippen LogP contribution in [0.4, 0.5) is 0 Å². The zero-order valence-corrected chi connectivity index (χ0v) is 13.0. The minimum Gasteiger partial charge on any atom is -0.490 e. The Balaban J connectivity index is 2.69. The van der Waals surface area contributed by atoms with Crippen LogP contribution in [0.25, 0.3) is 0 Å². The Hall–Kier alpha value is -1.66. The van der Waals surface area contributed by atoms with Gasteiger partial charge in [0.1, 0.15) is 0 Å². The molecule has 0 amide bonds. The lowest BCUT2D eigenvalue weighted by Crippen LogP contribution is -2.21. The zero-order chi connectivity index (χ0) is 14.8. The normalized spacial score (nSPS) is 10.1. The van der Waals surface area contributed by atoms with E-state index in [9.17, 15) is 0 Å². The predicted molar refractivity (Wildman–Crippen MR) is 83.1 cm³/mol. The Bertz CT molecular complexity index is 458. The Morgan fingerprint density at radius 3 is 2.65 bits per heavy atom. The molecular formula is C17H25NO2. The second-order valence-corrected chi connectivity index (χ2v) is 4.77. The van der Waals surface area contributed by atoms with Crippen molar-refractivity contribution in [3.05, 3.63) is 23.8 Å². The fraction of sp³-hybridized carbons (Fsp3) is 0.529. The van der Waals surface area contributed by atoms with E-state index in [4.69, 9.17) is 9.47 Å². The van der Waals surface area contributed by atoms with Crippen molar-refractivity contribution in [3.8, 4) is 23.3 Å². The Morgan fingerprint density at radius 2 is 2.00 bits per heavy atom. The van der Waals surface area contributed by atoms with Crippen LogP contribution in [0.2, 0.25) is 0 Å². The monoisotopic (exact) mass is 275 g/mol. The molecule has 1 aromatic rings. The lowest BCUT2D eigenvalue weighted by molar-refractivity contribution is 0.281. The summed E-state index contributed by atoms with van der Waals surface area (Å²) >= 11 is 0. The lowest BCUT2D eigenvalue weighted by atomic mass is 10.2. The van der Waals surface area contributed by atoms with Crippen molar-refractivity contribution in [1.29, 1.82) is 0 Å². The van der Waals surface area contributed by atoms with Crippen molar-refractivity contribution in [1.82, 2.24) is 5.32 Å². The van der Waals surface area contributed by atoms with Gasteiger partial charge in [-0.1, -0.05) is 19.9 Å². The molecule has 1 N–H and O–H groups in total. The molecule has 1 rings (SSSR count). The Kier molecular flexibility index (Phi) is 7.60. The molecular weight excluding hydrogens is 250 g/mol. The van der Waals surface area contributed by atoms with Crippen LogP contribution >= 0.6 is 0 Å². The summed E-state index contributed by atoms with van der Waals surface area (Å²) < 4.78 is 11.4. The van der Waals surface area contributed by atoms with E-state index >= 15 is 0 Å². The fourth-order valence-corrected chi connectivity index (χ4v) is 1.71. The van der Waals surface area contributed by atoms with Gasteiger partial charge in [0, 0.05) is 19.0 Å². The van der Waals surface area contributed by atoms with Gasteiger partial charge in [0.2, 0.25) is 0 Å². The van der Waals surface area contributed by atoms with Gasteiger partial charge >= 0.3 is 0 Å². The van der Waals surface area contributed by atoms with Crippen LogP contribution < -0.4 is 14.8 Å². The minimum atomic E-state index is 0.467. The van der Waals surface area contributed by atoms with Crippen molar-refractivity contribution in [3.63, 3.8) is 0 Å². The average molecular weight is 275 g/mol. The summed E-state index contributed by atoms with van der Waals surface area (Å²) in [4.78, 5) is 0. The summed E-state index contributed by atoms with van der Waals surface area (Å²) in [5.41, 5.74) is 1.20. The van der Waals surface area contributed by atoms with E-state index in [0.29, 0.717) is 19.3 Å². The highest BCUT2D eigenvalue weighted by atomic mass is 16.5. The van der Waals surface area contributed by atoms with Gasteiger partial charge in [0.25, 0.3) is 0 Å². The summed E-state index contributed by atoms with van der Waals surface area (Å²) in [6.45, 7) is 10.1. The number of ether oxygens (including phenoxy) is 2. The van der Waals surface area contributed by atoms with Crippen LogP contribution in [0.3, 0.4) is 0 Å². The molecule has 0 saturated heterocycles. The zero-order valence-electron chi connectivity index (χ0n) is 13.0. The van der Waals surface area contributed by atoms with E-state index in [1.807, 2.05) is 26.0 Å². The maximum Gasteiger partial charge on any atom is 0.161 e. The number of rotatable bonds is 8. The average Bonchev–Trinajstić information content (AvgIpc) is 2.43. The number of benzene rings is 1. The number of hydrogen-bond donors (Lipinski definition) is 1. The first kappa shape index (κ1) is 16.4. The molecule has 110 valence electrons. The van der Waals surface area contributed by atoms with Crippen molar-refractivity contribution in [2.75, 3.05) is 13.2 Å². The van der Waals surface area contributed by atoms with Gasteiger partial charge in [0.05, 0.1) is 13.2 Å². The van der Waals surface area contributed by atoms with Gasteiger partial charge in [-0.3, -0.25) is 0 Å². The van der Waals surface area contributed by atoms with Crippen LogP contribution in [0.1, 0.15) is 39.7 Å². The molecule has 0 saturated carbocycles. The van der Waals surface area contributed by atoms with E-state index in [1.54, 1.807) is 0 Å². The minimum absolute atomic E-state index is 0.467. The van der Waals surface area contributed by atoms with Crippen LogP contribution in [0.15, 0.2) is 18.2 Å². The maximum atomic E-state index is 5.72. The highest BCUT2D eigenvalue weighted by Gasteiger charge is 2.06. The first-order valence-corrected chi connectivity index (χ1v) is 7.18. The molecule has 3 nitrogen and oxygen atoms in total.